The number of rotatable bonds is 6. The van der Waals surface area contributed by atoms with E-state index < -0.39 is 10.0 Å². The first-order valence-corrected chi connectivity index (χ1v) is 10.8. The normalized spacial score (nSPS) is 15.7. The van der Waals surface area contributed by atoms with Crippen LogP contribution < -0.4 is 4.57 Å². The predicted octanol–water partition coefficient (Wildman–Crippen LogP) is 1.46. The second-order valence-corrected chi connectivity index (χ2v) is 8.66. The summed E-state index contributed by atoms with van der Waals surface area (Å²) in [5.41, 5.74) is 1.26. The van der Waals surface area contributed by atoms with Crippen LogP contribution in [0, 0.1) is 0 Å². The molecule has 3 rings (SSSR count). The summed E-state index contributed by atoms with van der Waals surface area (Å²) in [4.78, 5) is 14.6. The Bertz CT molecular complexity index is 859. The number of carbonyl (C=O) groups is 1. The van der Waals surface area contributed by atoms with Crippen LogP contribution in [0.5, 0.6) is 0 Å². The van der Waals surface area contributed by atoms with Crippen LogP contribution in [-0.4, -0.2) is 49.7 Å². The smallest absolute Gasteiger partial charge is 0.288 e. The van der Waals surface area contributed by atoms with Crippen LogP contribution in [0.4, 0.5) is 0 Å². The molecule has 27 heavy (non-hydrogen) atoms. The quantitative estimate of drug-likeness (QED) is 0.704. The highest BCUT2D eigenvalue weighted by Gasteiger charge is 2.30. The number of nitrogens with zero attached hydrogens (tertiary/aromatic N) is 3. The fourth-order valence-electron chi connectivity index (χ4n) is 3.22. The predicted molar refractivity (Wildman–Crippen MR) is 102 cm³/mol. The Morgan fingerprint density at radius 2 is 1.63 bits per heavy atom. The number of hydrogen-bond acceptors (Lipinski definition) is 3. The molecule has 0 bridgehead atoms. The Kier molecular flexibility index (Phi) is 6.23. The Balaban J connectivity index is 1.56. The van der Waals surface area contributed by atoms with Crippen LogP contribution in [-0.2, 0) is 27.8 Å². The molecule has 1 amide bonds. The maximum absolute atomic E-state index is 12.7. The summed E-state index contributed by atoms with van der Waals surface area (Å²) in [6.07, 6.45) is 5.99. The van der Waals surface area contributed by atoms with Crippen molar-refractivity contribution in [3.05, 3.63) is 60.4 Å². The zero-order valence-corrected chi connectivity index (χ0v) is 16.4. The summed E-state index contributed by atoms with van der Waals surface area (Å²) in [6, 6.07) is 12.5. The van der Waals surface area contributed by atoms with Crippen molar-refractivity contribution in [3.63, 3.8) is 0 Å². The van der Waals surface area contributed by atoms with E-state index >= 15 is 0 Å². The minimum absolute atomic E-state index is 0.0139. The summed E-state index contributed by atoms with van der Waals surface area (Å²) in [5, 5.41) is 0. The van der Waals surface area contributed by atoms with Crippen LogP contribution in [0.3, 0.4) is 0 Å². The van der Waals surface area contributed by atoms with Crippen molar-refractivity contribution in [2.75, 3.05) is 26.2 Å². The van der Waals surface area contributed by atoms with Crippen molar-refractivity contribution in [2.45, 2.75) is 31.2 Å². The summed E-state index contributed by atoms with van der Waals surface area (Å²) in [6.45, 7) is 3.89. The molecule has 2 aromatic rings. The van der Waals surface area contributed by atoms with Crippen molar-refractivity contribution in [1.82, 2.24) is 9.21 Å². The highest BCUT2D eigenvalue weighted by atomic mass is 32.2. The summed E-state index contributed by atoms with van der Waals surface area (Å²) < 4.78 is 28.6. The average molecular weight is 389 g/mol. The number of amides is 1. The summed E-state index contributed by atoms with van der Waals surface area (Å²) in [7, 11) is -3.49. The van der Waals surface area contributed by atoms with Crippen molar-refractivity contribution < 1.29 is 17.8 Å². The van der Waals surface area contributed by atoms with Crippen molar-refractivity contribution in [3.8, 4) is 0 Å². The van der Waals surface area contributed by atoms with Crippen LogP contribution in [0.25, 0.3) is 0 Å². The second kappa shape index (κ2) is 8.63. The highest BCUT2D eigenvalue weighted by molar-refractivity contribution is 7.89. The van der Waals surface area contributed by atoms with E-state index in [1.54, 1.807) is 35.2 Å². The number of sulfonamides is 1. The molecular formula is C20H26N3O3S+. The van der Waals surface area contributed by atoms with Gasteiger partial charge in [-0.05, 0) is 24.1 Å². The maximum atomic E-state index is 12.7. The lowest BCUT2D eigenvalue weighted by Gasteiger charge is -2.33. The van der Waals surface area contributed by atoms with E-state index in [0.717, 1.165) is 12.8 Å². The summed E-state index contributed by atoms with van der Waals surface area (Å²) >= 11 is 0. The third kappa shape index (κ3) is 4.73. The number of aromatic nitrogens is 1. The number of hydrogen-bond donors (Lipinski definition) is 0. The van der Waals surface area contributed by atoms with Gasteiger partial charge in [-0.15, -0.1) is 0 Å². The fourth-order valence-corrected chi connectivity index (χ4v) is 4.67. The molecule has 7 heteroatoms. The molecule has 0 saturated carbocycles. The van der Waals surface area contributed by atoms with E-state index in [1.165, 1.54) is 9.87 Å². The largest absolute Gasteiger partial charge is 0.335 e. The molecule has 1 saturated heterocycles. The zero-order valence-electron chi connectivity index (χ0n) is 15.6. The lowest BCUT2D eigenvalue weighted by Crippen LogP contribution is -2.53. The molecule has 1 aliphatic rings. The molecule has 2 heterocycles. The van der Waals surface area contributed by atoms with Gasteiger partial charge in [0, 0.05) is 38.3 Å². The lowest BCUT2D eigenvalue weighted by atomic mass is 10.1. The van der Waals surface area contributed by atoms with Gasteiger partial charge in [0.1, 0.15) is 0 Å². The number of piperazine rings is 1. The number of pyridine rings is 1. The third-order valence-electron chi connectivity index (χ3n) is 4.79. The zero-order chi connectivity index (χ0) is 19.3. The van der Waals surface area contributed by atoms with E-state index in [1.807, 2.05) is 29.1 Å². The number of benzene rings is 1. The molecule has 1 aromatic heterocycles. The molecule has 0 atom stereocenters. The molecule has 0 aliphatic carbocycles. The Morgan fingerprint density at radius 3 is 2.22 bits per heavy atom. The van der Waals surface area contributed by atoms with Gasteiger partial charge in [0.15, 0.2) is 12.4 Å². The Morgan fingerprint density at radius 1 is 1.00 bits per heavy atom. The molecular weight excluding hydrogens is 362 g/mol. The Labute approximate surface area is 161 Å². The van der Waals surface area contributed by atoms with Crippen molar-refractivity contribution >= 4 is 15.9 Å². The van der Waals surface area contributed by atoms with Crippen LogP contribution in [0.15, 0.2) is 59.8 Å². The first-order valence-electron chi connectivity index (χ1n) is 9.31. The van der Waals surface area contributed by atoms with Gasteiger partial charge in [0.25, 0.3) is 5.91 Å². The van der Waals surface area contributed by atoms with Crippen LogP contribution in [0.1, 0.15) is 18.9 Å². The molecule has 0 unspecified atom stereocenters. The van der Waals surface area contributed by atoms with Gasteiger partial charge in [0.05, 0.1) is 4.90 Å². The van der Waals surface area contributed by atoms with Crippen LogP contribution in [0.2, 0.25) is 0 Å². The van der Waals surface area contributed by atoms with Gasteiger partial charge in [-0.1, -0.05) is 31.5 Å². The molecule has 6 nitrogen and oxygen atoms in total. The minimum atomic E-state index is -3.49. The maximum Gasteiger partial charge on any atom is 0.288 e. The number of aryl methyl sites for hydroxylation is 1. The monoisotopic (exact) mass is 388 g/mol. The van der Waals surface area contributed by atoms with Gasteiger partial charge in [-0.3, -0.25) is 4.79 Å². The molecule has 144 valence electrons. The lowest BCUT2D eigenvalue weighted by molar-refractivity contribution is -0.685. The van der Waals surface area contributed by atoms with Crippen molar-refractivity contribution in [2.24, 2.45) is 0 Å². The molecule has 1 aliphatic heterocycles. The van der Waals surface area contributed by atoms with Crippen LogP contribution >= 0.6 is 0 Å². The first kappa shape index (κ1) is 19.5. The van der Waals surface area contributed by atoms with Gasteiger partial charge in [-0.25, -0.2) is 8.42 Å². The van der Waals surface area contributed by atoms with E-state index in [4.69, 9.17) is 0 Å². The summed E-state index contributed by atoms with van der Waals surface area (Å²) in [5.74, 6) is 0.0139. The SMILES string of the molecule is CCCc1cc[n+](CC(=O)N2CCN(S(=O)(=O)c3ccccc3)CC2)cc1. The number of carbonyl (C=O) groups excluding carboxylic acids is 1. The fraction of sp³-hybridized carbons (Fsp3) is 0.400. The van der Waals surface area contributed by atoms with Crippen molar-refractivity contribution in [1.29, 1.82) is 0 Å². The Hall–Kier alpha value is -2.25. The minimum Gasteiger partial charge on any atom is -0.335 e. The topological polar surface area (TPSA) is 61.6 Å². The second-order valence-electron chi connectivity index (χ2n) is 6.73. The molecule has 0 spiro atoms. The average Bonchev–Trinajstić information content (AvgIpc) is 2.70. The third-order valence-corrected chi connectivity index (χ3v) is 6.70. The first-order chi connectivity index (χ1) is 13.0. The van der Waals surface area contributed by atoms with Gasteiger partial charge in [0.2, 0.25) is 16.6 Å². The van der Waals surface area contributed by atoms with Gasteiger partial charge >= 0.3 is 0 Å². The van der Waals surface area contributed by atoms with Gasteiger partial charge < -0.3 is 4.90 Å². The molecule has 1 aromatic carbocycles. The highest BCUT2D eigenvalue weighted by Crippen LogP contribution is 2.17. The van der Waals surface area contributed by atoms with E-state index in [9.17, 15) is 13.2 Å². The van der Waals surface area contributed by atoms with E-state index in [2.05, 4.69) is 6.92 Å². The van der Waals surface area contributed by atoms with E-state index in [0.29, 0.717) is 31.1 Å². The standard InChI is InChI=1S/C20H26N3O3S/c1-2-6-18-9-11-21(12-10-18)17-20(24)22-13-15-23(16-14-22)27(25,26)19-7-4-3-5-8-19/h3-5,7-12H,2,6,13-17H2,1H3/q+1. The van der Waals surface area contributed by atoms with Gasteiger partial charge in [-0.2, -0.15) is 8.87 Å². The molecule has 0 N–H and O–H groups in total. The van der Waals surface area contributed by atoms with E-state index in [-0.39, 0.29) is 12.5 Å². The molecule has 1 fully saturated rings. The molecule has 0 radical (unpaired) electrons.